The smallest absolute Gasteiger partial charge is 0.408 e. The molecule has 0 bridgehead atoms. The molecule has 0 aromatic heterocycles. The van der Waals surface area contributed by atoms with Crippen LogP contribution in [0.5, 0.6) is 0 Å². The van der Waals surface area contributed by atoms with Crippen molar-refractivity contribution in [2.45, 2.75) is 64.2 Å². The lowest BCUT2D eigenvalue weighted by molar-refractivity contribution is -0.120. The number of thioether (sulfide) groups is 1. The molecule has 2 amide bonds. The Bertz CT molecular complexity index is 426. The number of carbonyl (C=O) groups is 3. The van der Waals surface area contributed by atoms with Crippen molar-refractivity contribution in [2.24, 2.45) is 5.92 Å². The molecule has 1 saturated carbocycles. The summed E-state index contributed by atoms with van der Waals surface area (Å²) >= 11 is 1.43. The molecule has 2 N–H and O–H groups in total. The van der Waals surface area contributed by atoms with Gasteiger partial charge < -0.3 is 15.4 Å². The van der Waals surface area contributed by atoms with Gasteiger partial charge in [0.1, 0.15) is 5.60 Å². The zero-order valence-electron chi connectivity index (χ0n) is 14.4. The molecule has 1 aliphatic carbocycles. The van der Waals surface area contributed by atoms with Crippen LogP contribution in [0.3, 0.4) is 0 Å². The highest BCUT2D eigenvalue weighted by Gasteiger charge is 2.23. The Hall–Kier alpha value is -1.24. The third-order valence-corrected chi connectivity index (χ3v) is 4.64. The van der Waals surface area contributed by atoms with E-state index in [1.54, 1.807) is 27.7 Å². The molecule has 132 valence electrons. The molecule has 0 spiro atoms. The Balaban J connectivity index is 2.15. The second kappa shape index (κ2) is 9.15. The van der Waals surface area contributed by atoms with Crippen molar-refractivity contribution in [1.82, 2.24) is 10.6 Å². The summed E-state index contributed by atoms with van der Waals surface area (Å²) in [7, 11) is 0. The summed E-state index contributed by atoms with van der Waals surface area (Å²) < 4.78 is 5.07. The zero-order chi connectivity index (χ0) is 17.5. The Kier molecular flexibility index (Phi) is 7.88. The molecule has 0 radical (unpaired) electrons. The van der Waals surface area contributed by atoms with Crippen LogP contribution in [-0.4, -0.2) is 41.1 Å². The maximum Gasteiger partial charge on any atom is 0.408 e. The van der Waals surface area contributed by atoms with E-state index in [1.807, 2.05) is 0 Å². The van der Waals surface area contributed by atoms with Gasteiger partial charge in [-0.25, -0.2) is 4.79 Å². The largest absolute Gasteiger partial charge is 0.444 e. The molecule has 0 aliphatic heterocycles. The van der Waals surface area contributed by atoms with Gasteiger partial charge in [-0.15, -0.1) is 0 Å². The van der Waals surface area contributed by atoms with Gasteiger partial charge in [-0.05, 0) is 52.4 Å². The first-order valence-corrected chi connectivity index (χ1v) is 8.94. The first kappa shape index (κ1) is 19.8. The van der Waals surface area contributed by atoms with Crippen molar-refractivity contribution in [2.75, 3.05) is 13.1 Å². The van der Waals surface area contributed by atoms with Crippen LogP contribution in [0, 0.1) is 5.92 Å². The van der Waals surface area contributed by atoms with Crippen molar-refractivity contribution in [3.63, 3.8) is 0 Å². The van der Waals surface area contributed by atoms with Gasteiger partial charge in [0.25, 0.3) is 0 Å². The third kappa shape index (κ3) is 9.48. The summed E-state index contributed by atoms with van der Waals surface area (Å²) in [5.41, 5.74) is -0.572. The zero-order valence-corrected chi connectivity index (χ0v) is 15.3. The van der Waals surface area contributed by atoms with Gasteiger partial charge in [-0.3, -0.25) is 9.59 Å². The van der Waals surface area contributed by atoms with E-state index in [1.165, 1.54) is 11.8 Å². The van der Waals surface area contributed by atoms with Gasteiger partial charge in [-0.1, -0.05) is 11.8 Å². The van der Waals surface area contributed by atoms with Gasteiger partial charge in [-0.2, -0.15) is 0 Å². The topological polar surface area (TPSA) is 84.5 Å². The minimum absolute atomic E-state index is 0.0789. The van der Waals surface area contributed by atoms with Crippen molar-refractivity contribution in [3.8, 4) is 0 Å². The van der Waals surface area contributed by atoms with E-state index in [0.717, 1.165) is 25.7 Å². The Labute approximate surface area is 142 Å². The maximum atomic E-state index is 11.7. The molecule has 0 heterocycles. The number of nitrogens with one attached hydrogen (secondary N) is 2. The second-order valence-corrected chi connectivity index (χ2v) is 8.39. The van der Waals surface area contributed by atoms with Gasteiger partial charge in [0, 0.05) is 18.7 Å². The van der Waals surface area contributed by atoms with E-state index >= 15 is 0 Å². The summed E-state index contributed by atoms with van der Waals surface area (Å²) in [5, 5.41) is 5.88. The standard InChI is InChI=1S/C16H28N2O4S/c1-11(19)23-13-7-5-12(6-8-13)9-17-14(20)10-18-15(21)22-16(2,3)4/h12-13H,5-10H2,1-4H3,(H,17,20)(H,18,21). The Morgan fingerprint density at radius 1 is 1.09 bits per heavy atom. The fraction of sp³-hybridized carbons (Fsp3) is 0.812. The first-order chi connectivity index (χ1) is 10.7. The van der Waals surface area contributed by atoms with E-state index in [4.69, 9.17) is 4.74 Å². The molecule has 1 rings (SSSR count). The molecule has 7 heteroatoms. The molecule has 1 aliphatic rings. The van der Waals surface area contributed by atoms with Crippen molar-refractivity contribution >= 4 is 28.9 Å². The highest BCUT2D eigenvalue weighted by molar-refractivity contribution is 8.14. The van der Waals surface area contributed by atoms with Crippen LogP contribution < -0.4 is 10.6 Å². The van der Waals surface area contributed by atoms with Crippen LogP contribution in [0.25, 0.3) is 0 Å². The molecule has 0 atom stereocenters. The van der Waals surface area contributed by atoms with E-state index < -0.39 is 11.7 Å². The van der Waals surface area contributed by atoms with Crippen LogP contribution >= 0.6 is 11.8 Å². The van der Waals surface area contributed by atoms with Crippen LogP contribution in [0.2, 0.25) is 0 Å². The number of amides is 2. The number of alkyl carbamates (subject to hydrolysis) is 1. The predicted octanol–water partition coefficient (Wildman–Crippen LogP) is 2.47. The van der Waals surface area contributed by atoms with Gasteiger partial charge >= 0.3 is 6.09 Å². The van der Waals surface area contributed by atoms with Crippen LogP contribution in [0.4, 0.5) is 4.79 Å². The molecule has 0 aromatic rings. The highest BCUT2D eigenvalue weighted by atomic mass is 32.2. The summed E-state index contributed by atoms with van der Waals surface area (Å²) in [4.78, 5) is 34.3. The average molecular weight is 344 g/mol. The summed E-state index contributed by atoms with van der Waals surface area (Å²) in [6.07, 6.45) is 3.48. The molecule has 0 saturated heterocycles. The quantitative estimate of drug-likeness (QED) is 0.800. The van der Waals surface area contributed by atoms with Gasteiger partial charge in [0.15, 0.2) is 5.12 Å². The van der Waals surface area contributed by atoms with E-state index in [2.05, 4.69) is 10.6 Å². The lowest BCUT2D eigenvalue weighted by Gasteiger charge is -2.27. The minimum Gasteiger partial charge on any atom is -0.444 e. The fourth-order valence-corrected chi connectivity index (χ4v) is 3.45. The second-order valence-electron chi connectivity index (χ2n) is 6.91. The number of ether oxygens (including phenoxy) is 1. The van der Waals surface area contributed by atoms with Crippen molar-refractivity contribution in [3.05, 3.63) is 0 Å². The summed E-state index contributed by atoms with van der Waals surface area (Å²) in [6, 6.07) is 0. The van der Waals surface area contributed by atoms with Crippen LogP contribution in [0.1, 0.15) is 53.4 Å². The predicted molar refractivity (Wildman–Crippen MR) is 91.3 cm³/mol. The molecule has 0 aromatic carbocycles. The lowest BCUT2D eigenvalue weighted by Crippen LogP contribution is -2.41. The van der Waals surface area contributed by atoms with Crippen molar-refractivity contribution < 1.29 is 19.1 Å². The van der Waals surface area contributed by atoms with E-state index in [0.29, 0.717) is 17.7 Å². The van der Waals surface area contributed by atoms with Crippen molar-refractivity contribution in [1.29, 1.82) is 0 Å². The first-order valence-electron chi connectivity index (χ1n) is 8.06. The van der Waals surface area contributed by atoms with Gasteiger partial charge in [0.2, 0.25) is 5.91 Å². The Morgan fingerprint density at radius 3 is 2.22 bits per heavy atom. The highest BCUT2D eigenvalue weighted by Crippen LogP contribution is 2.31. The number of hydrogen-bond acceptors (Lipinski definition) is 5. The third-order valence-electron chi connectivity index (χ3n) is 3.51. The van der Waals surface area contributed by atoms with E-state index in [9.17, 15) is 14.4 Å². The Morgan fingerprint density at radius 2 is 1.70 bits per heavy atom. The average Bonchev–Trinajstić information content (AvgIpc) is 2.42. The molecule has 23 heavy (non-hydrogen) atoms. The van der Waals surface area contributed by atoms with Crippen LogP contribution in [-0.2, 0) is 14.3 Å². The SMILES string of the molecule is CC(=O)SC1CCC(CNC(=O)CNC(=O)OC(C)(C)C)CC1. The summed E-state index contributed by atoms with van der Waals surface area (Å²) in [6.45, 7) is 7.46. The fourth-order valence-electron chi connectivity index (χ4n) is 2.48. The van der Waals surface area contributed by atoms with Crippen LogP contribution in [0.15, 0.2) is 0 Å². The minimum atomic E-state index is -0.589. The lowest BCUT2D eigenvalue weighted by atomic mass is 9.89. The summed E-state index contributed by atoms with van der Waals surface area (Å²) in [5.74, 6) is 0.236. The normalized spacial score (nSPS) is 21.4. The molecular weight excluding hydrogens is 316 g/mol. The maximum absolute atomic E-state index is 11.7. The number of carbonyl (C=O) groups excluding carboxylic acids is 3. The molecule has 6 nitrogen and oxygen atoms in total. The number of hydrogen-bond donors (Lipinski definition) is 2. The molecular formula is C16H28N2O4S. The molecule has 0 unspecified atom stereocenters. The molecule has 1 fully saturated rings. The number of rotatable bonds is 5. The monoisotopic (exact) mass is 344 g/mol. The van der Waals surface area contributed by atoms with Gasteiger partial charge in [0.05, 0.1) is 6.54 Å². The van der Waals surface area contributed by atoms with E-state index in [-0.39, 0.29) is 17.6 Å².